The number of terminal acetylenes is 1. The molecule has 0 atom stereocenters. The lowest BCUT2D eigenvalue weighted by atomic mass is 10.2. The SMILES string of the molecule is C#CCNC(=NCc1nc(-c2ccccc2)cs1)NCC. The smallest absolute Gasteiger partial charge is 0.192 e. The molecule has 1 aromatic carbocycles. The fourth-order valence-electron chi connectivity index (χ4n) is 1.75. The van der Waals surface area contributed by atoms with Crippen LogP contribution < -0.4 is 10.6 Å². The monoisotopic (exact) mass is 298 g/mol. The van der Waals surface area contributed by atoms with Crippen molar-refractivity contribution in [3.63, 3.8) is 0 Å². The van der Waals surface area contributed by atoms with Gasteiger partial charge in [-0.05, 0) is 6.92 Å². The first-order chi connectivity index (χ1) is 10.3. The van der Waals surface area contributed by atoms with E-state index in [4.69, 9.17) is 6.42 Å². The lowest BCUT2D eigenvalue weighted by molar-refractivity contribution is 0.863. The molecule has 0 unspecified atom stereocenters. The average Bonchev–Trinajstić information content (AvgIpc) is 3.00. The zero-order valence-electron chi connectivity index (χ0n) is 12.0. The lowest BCUT2D eigenvalue weighted by Gasteiger charge is -2.07. The summed E-state index contributed by atoms with van der Waals surface area (Å²) in [5, 5.41) is 9.24. The second kappa shape index (κ2) is 8.08. The van der Waals surface area contributed by atoms with E-state index >= 15 is 0 Å². The molecule has 0 fully saturated rings. The van der Waals surface area contributed by atoms with Crippen molar-refractivity contribution < 1.29 is 0 Å². The Balaban J connectivity index is 2.03. The highest BCUT2D eigenvalue weighted by Crippen LogP contribution is 2.21. The normalized spacial score (nSPS) is 11.0. The summed E-state index contributed by atoms with van der Waals surface area (Å²) in [6.45, 7) is 3.81. The zero-order valence-corrected chi connectivity index (χ0v) is 12.8. The Morgan fingerprint density at radius 3 is 2.86 bits per heavy atom. The molecular weight excluding hydrogens is 280 g/mol. The maximum absolute atomic E-state index is 5.24. The van der Waals surface area contributed by atoms with E-state index in [2.05, 4.69) is 44.0 Å². The van der Waals surface area contributed by atoms with E-state index in [0.717, 1.165) is 22.8 Å². The minimum absolute atomic E-state index is 0.457. The van der Waals surface area contributed by atoms with Crippen molar-refractivity contribution in [3.05, 3.63) is 40.7 Å². The van der Waals surface area contributed by atoms with Gasteiger partial charge in [0, 0.05) is 17.5 Å². The Kier molecular flexibility index (Phi) is 5.80. The van der Waals surface area contributed by atoms with Crippen molar-refractivity contribution in [1.82, 2.24) is 15.6 Å². The van der Waals surface area contributed by atoms with Crippen molar-refractivity contribution in [2.45, 2.75) is 13.5 Å². The van der Waals surface area contributed by atoms with E-state index in [1.165, 1.54) is 0 Å². The molecule has 0 radical (unpaired) electrons. The standard InChI is InChI=1S/C16H18N4S/c1-3-10-18-16(17-4-2)19-11-15-20-14(12-21-15)13-8-6-5-7-9-13/h1,5-9,12H,4,10-11H2,2H3,(H2,17,18,19). The Bertz CT molecular complexity index is 625. The van der Waals surface area contributed by atoms with Gasteiger partial charge in [0.05, 0.1) is 18.8 Å². The zero-order chi connectivity index (χ0) is 14.9. The molecule has 21 heavy (non-hydrogen) atoms. The second-order valence-electron chi connectivity index (χ2n) is 4.25. The van der Waals surface area contributed by atoms with E-state index in [0.29, 0.717) is 19.0 Å². The van der Waals surface area contributed by atoms with Gasteiger partial charge in [0.15, 0.2) is 5.96 Å². The highest BCUT2D eigenvalue weighted by atomic mass is 32.1. The van der Waals surface area contributed by atoms with Crippen LogP contribution in [-0.4, -0.2) is 24.0 Å². The predicted octanol–water partition coefficient (Wildman–Crippen LogP) is 2.50. The summed E-state index contributed by atoms with van der Waals surface area (Å²) < 4.78 is 0. The number of nitrogens with one attached hydrogen (secondary N) is 2. The summed E-state index contributed by atoms with van der Waals surface area (Å²) in [7, 11) is 0. The van der Waals surface area contributed by atoms with Crippen LogP contribution in [-0.2, 0) is 6.54 Å². The third-order valence-electron chi connectivity index (χ3n) is 2.70. The number of hydrogen-bond acceptors (Lipinski definition) is 3. The number of thiazole rings is 1. The van der Waals surface area contributed by atoms with Crippen LogP contribution in [0.25, 0.3) is 11.3 Å². The highest BCUT2D eigenvalue weighted by Gasteiger charge is 2.04. The highest BCUT2D eigenvalue weighted by molar-refractivity contribution is 7.09. The average molecular weight is 298 g/mol. The van der Waals surface area contributed by atoms with Gasteiger partial charge in [-0.15, -0.1) is 17.8 Å². The lowest BCUT2D eigenvalue weighted by Crippen LogP contribution is -2.37. The molecule has 5 heteroatoms. The molecule has 0 spiro atoms. The molecule has 0 aliphatic carbocycles. The summed E-state index contributed by atoms with van der Waals surface area (Å²) in [6.07, 6.45) is 5.24. The molecule has 2 rings (SSSR count). The second-order valence-corrected chi connectivity index (χ2v) is 5.19. The van der Waals surface area contributed by atoms with Crippen molar-refractivity contribution in [1.29, 1.82) is 0 Å². The van der Waals surface area contributed by atoms with Gasteiger partial charge in [0.2, 0.25) is 0 Å². The number of aromatic nitrogens is 1. The quantitative estimate of drug-likeness (QED) is 0.506. The topological polar surface area (TPSA) is 49.3 Å². The van der Waals surface area contributed by atoms with Gasteiger partial charge in [0.1, 0.15) is 5.01 Å². The minimum atomic E-state index is 0.457. The van der Waals surface area contributed by atoms with Crippen molar-refractivity contribution in [2.24, 2.45) is 4.99 Å². The fourth-order valence-corrected chi connectivity index (χ4v) is 2.47. The Labute approximate surface area is 129 Å². The Morgan fingerprint density at radius 1 is 1.33 bits per heavy atom. The predicted molar refractivity (Wildman–Crippen MR) is 89.2 cm³/mol. The van der Waals surface area contributed by atoms with E-state index in [1.807, 2.05) is 25.1 Å². The van der Waals surface area contributed by atoms with Gasteiger partial charge in [-0.1, -0.05) is 36.3 Å². The number of hydrogen-bond donors (Lipinski definition) is 2. The maximum atomic E-state index is 5.24. The molecule has 2 N–H and O–H groups in total. The van der Waals surface area contributed by atoms with E-state index in [1.54, 1.807) is 11.3 Å². The van der Waals surface area contributed by atoms with Gasteiger partial charge in [-0.25, -0.2) is 9.98 Å². The van der Waals surface area contributed by atoms with Gasteiger partial charge in [0.25, 0.3) is 0 Å². The number of aliphatic imine (C=N–C) groups is 1. The van der Waals surface area contributed by atoms with Crippen LogP contribution in [0.3, 0.4) is 0 Å². The van der Waals surface area contributed by atoms with Crippen LogP contribution in [0.5, 0.6) is 0 Å². The van der Waals surface area contributed by atoms with E-state index < -0.39 is 0 Å². The third kappa shape index (κ3) is 4.62. The fraction of sp³-hybridized carbons (Fsp3) is 0.250. The number of benzene rings is 1. The third-order valence-corrected chi connectivity index (χ3v) is 3.53. The Hall–Kier alpha value is -2.32. The number of nitrogens with zero attached hydrogens (tertiary/aromatic N) is 2. The van der Waals surface area contributed by atoms with Gasteiger partial charge in [-0.3, -0.25) is 0 Å². The largest absolute Gasteiger partial charge is 0.357 e. The number of rotatable bonds is 5. The first kappa shape index (κ1) is 15.1. The van der Waals surface area contributed by atoms with Crippen molar-refractivity contribution in [2.75, 3.05) is 13.1 Å². The summed E-state index contributed by atoms with van der Waals surface area (Å²) in [4.78, 5) is 9.08. The molecular formula is C16H18N4S. The van der Waals surface area contributed by atoms with E-state index in [-0.39, 0.29) is 0 Å². The molecule has 0 amide bonds. The first-order valence-electron chi connectivity index (χ1n) is 6.79. The summed E-state index contributed by atoms with van der Waals surface area (Å²) in [5.74, 6) is 3.25. The molecule has 108 valence electrons. The van der Waals surface area contributed by atoms with Gasteiger partial charge < -0.3 is 10.6 Å². The Morgan fingerprint density at radius 2 is 2.14 bits per heavy atom. The van der Waals surface area contributed by atoms with E-state index in [9.17, 15) is 0 Å². The minimum Gasteiger partial charge on any atom is -0.357 e. The van der Waals surface area contributed by atoms with Crippen LogP contribution >= 0.6 is 11.3 Å². The molecule has 0 aliphatic rings. The van der Waals surface area contributed by atoms with Crippen LogP contribution in [0.1, 0.15) is 11.9 Å². The van der Waals surface area contributed by atoms with Crippen LogP contribution in [0.15, 0.2) is 40.7 Å². The molecule has 0 saturated carbocycles. The molecule has 1 aromatic heterocycles. The summed E-state index contributed by atoms with van der Waals surface area (Å²) in [5.41, 5.74) is 2.12. The van der Waals surface area contributed by atoms with Gasteiger partial charge in [-0.2, -0.15) is 0 Å². The van der Waals surface area contributed by atoms with Gasteiger partial charge >= 0.3 is 0 Å². The first-order valence-corrected chi connectivity index (χ1v) is 7.67. The molecule has 1 heterocycles. The molecule has 4 nitrogen and oxygen atoms in total. The molecule has 0 bridgehead atoms. The molecule has 0 saturated heterocycles. The van der Waals surface area contributed by atoms with Crippen LogP contribution in [0.2, 0.25) is 0 Å². The summed E-state index contributed by atoms with van der Waals surface area (Å²) >= 11 is 1.61. The molecule has 0 aliphatic heterocycles. The van der Waals surface area contributed by atoms with Crippen molar-refractivity contribution in [3.8, 4) is 23.6 Å². The number of guanidine groups is 1. The van der Waals surface area contributed by atoms with Crippen molar-refractivity contribution >= 4 is 17.3 Å². The summed E-state index contributed by atoms with van der Waals surface area (Å²) in [6, 6.07) is 10.1. The van der Waals surface area contributed by atoms with Crippen LogP contribution in [0, 0.1) is 12.3 Å². The van der Waals surface area contributed by atoms with Crippen LogP contribution in [0.4, 0.5) is 0 Å². The molecule has 2 aromatic rings. The maximum Gasteiger partial charge on any atom is 0.192 e.